The highest BCUT2D eigenvalue weighted by Crippen LogP contribution is 2.36. The zero-order valence-electron chi connectivity index (χ0n) is 15.6. The summed E-state index contributed by atoms with van der Waals surface area (Å²) in [5.41, 5.74) is 0. The lowest BCUT2D eigenvalue weighted by molar-refractivity contribution is -0.174. The summed E-state index contributed by atoms with van der Waals surface area (Å²) in [6, 6.07) is 0. The van der Waals surface area contributed by atoms with E-state index in [9.17, 15) is 16.8 Å². The van der Waals surface area contributed by atoms with Gasteiger partial charge in [-0.2, -0.15) is 16.8 Å². The van der Waals surface area contributed by atoms with Crippen LogP contribution in [0, 0.1) is 0 Å². The molecule has 2 heterocycles. The Balaban J connectivity index is 2.27. The van der Waals surface area contributed by atoms with Crippen LogP contribution in [0.4, 0.5) is 0 Å². The molecule has 0 bridgehead atoms. The van der Waals surface area contributed by atoms with Gasteiger partial charge in [-0.05, 0) is 27.7 Å². The summed E-state index contributed by atoms with van der Waals surface area (Å²) in [5, 5.41) is 0. The summed E-state index contributed by atoms with van der Waals surface area (Å²) in [6.45, 7) is 6.33. The van der Waals surface area contributed by atoms with Crippen LogP contribution in [-0.4, -0.2) is 78.6 Å². The van der Waals surface area contributed by atoms with Crippen LogP contribution in [0.1, 0.15) is 27.7 Å². The Hall–Kier alpha value is -0.340. The maximum absolute atomic E-state index is 11.8. The third-order valence-electron chi connectivity index (χ3n) is 3.67. The van der Waals surface area contributed by atoms with Gasteiger partial charge in [-0.3, -0.25) is 8.37 Å². The summed E-state index contributed by atoms with van der Waals surface area (Å²) in [7, 11) is -7.59. The summed E-state index contributed by atoms with van der Waals surface area (Å²) in [6.07, 6.45) is -1.90. The minimum absolute atomic E-state index is 0.0765. The van der Waals surface area contributed by atoms with Crippen molar-refractivity contribution >= 4 is 20.2 Å². The number of rotatable bonds is 7. The molecular formula is C14H26O10S2. The van der Waals surface area contributed by atoms with Crippen molar-refractivity contribution in [1.29, 1.82) is 0 Å². The van der Waals surface area contributed by atoms with Crippen molar-refractivity contribution < 1.29 is 44.1 Å². The van der Waals surface area contributed by atoms with Crippen molar-refractivity contribution in [2.24, 2.45) is 0 Å². The predicted octanol–water partition coefficient (Wildman–Crippen LogP) is -0.0210. The highest BCUT2D eigenvalue weighted by Gasteiger charge is 2.52. The van der Waals surface area contributed by atoms with Gasteiger partial charge in [-0.1, -0.05) is 0 Å². The standard InChI is InChI=1S/C14H26O10S2/c1-13(2)19-7-9(21-13)12(24-26(6,17)18)11-10(8-20-25(5,15)16)22-14(3,4)23-11/h9-12H,7-8H2,1-6H3. The van der Waals surface area contributed by atoms with Crippen LogP contribution in [0.15, 0.2) is 0 Å². The first-order chi connectivity index (χ1) is 11.6. The van der Waals surface area contributed by atoms with Crippen molar-refractivity contribution in [3.05, 3.63) is 0 Å². The highest BCUT2D eigenvalue weighted by molar-refractivity contribution is 7.86. The van der Waals surface area contributed by atoms with Gasteiger partial charge in [0.05, 0.1) is 25.7 Å². The largest absolute Gasteiger partial charge is 0.348 e. The van der Waals surface area contributed by atoms with E-state index in [-0.39, 0.29) is 13.2 Å². The molecule has 0 amide bonds. The lowest BCUT2D eigenvalue weighted by Crippen LogP contribution is -2.48. The maximum Gasteiger partial charge on any atom is 0.264 e. The van der Waals surface area contributed by atoms with Gasteiger partial charge in [0.15, 0.2) is 11.6 Å². The molecule has 0 spiro atoms. The molecule has 26 heavy (non-hydrogen) atoms. The fraction of sp³-hybridized carbons (Fsp3) is 1.00. The molecule has 2 aliphatic rings. The van der Waals surface area contributed by atoms with Crippen molar-refractivity contribution in [3.63, 3.8) is 0 Å². The fourth-order valence-corrected chi connectivity index (χ4v) is 3.89. The molecule has 0 saturated carbocycles. The Bertz CT molecular complexity index is 712. The van der Waals surface area contributed by atoms with Crippen LogP contribution in [-0.2, 0) is 47.5 Å². The molecule has 0 aromatic carbocycles. The van der Waals surface area contributed by atoms with E-state index in [0.29, 0.717) is 0 Å². The first-order valence-electron chi connectivity index (χ1n) is 7.97. The highest BCUT2D eigenvalue weighted by atomic mass is 32.2. The van der Waals surface area contributed by atoms with Crippen LogP contribution in [0.25, 0.3) is 0 Å². The zero-order valence-corrected chi connectivity index (χ0v) is 17.3. The van der Waals surface area contributed by atoms with Crippen molar-refractivity contribution in [1.82, 2.24) is 0 Å². The van der Waals surface area contributed by atoms with E-state index in [2.05, 4.69) is 0 Å². The molecule has 4 unspecified atom stereocenters. The third kappa shape index (κ3) is 6.37. The second-order valence-electron chi connectivity index (χ2n) is 7.26. The molecule has 154 valence electrons. The monoisotopic (exact) mass is 418 g/mol. The number of hydrogen-bond donors (Lipinski definition) is 0. The molecule has 0 N–H and O–H groups in total. The Morgan fingerprint density at radius 1 is 0.962 bits per heavy atom. The first-order valence-corrected chi connectivity index (χ1v) is 11.6. The van der Waals surface area contributed by atoms with E-state index < -0.39 is 56.2 Å². The van der Waals surface area contributed by atoms with E-state index in [0.717, 1.165) is 12.5 Å². The predicted molar refractivity (Wildman–Crippen MR) is 89.2 cm³/mol. The summed E-state index contributed by atoms with van der Waals surface area (Å²) in [4.78, 5) is 0. The van der Waals surface area contributed by atoms with Gasteiger partial charge in [0, 0.05) is 0 Å². The molecule has 2 fully saturated rings. The topological polar surface area (TPSA) is 124 Å². The average molecular weight is 418 g/mol. The molecule has 10 nitrogen and oxygen atoms in total. The molecule has 0 aromatic rings. The maximum atomic E-state index is 11.8. The second kappa shape index (κ2) is 7.24. The fourth-order valence-electron chi connectivity index (χ4n) is 2.87. The van der Waals surface area contributed by atoms with Gasteiger partial charge in [-0.25, -0.2) is 0 Å². The van der Waals surface area contributed by atoms with Crippen LogP contribution < -0.4 is 0 Å². The molecule has 0 aromatic heterocycles. The number of ether oxygens (including phenoxy) is 4. The molecular weight excluding hydrogens is 392 g/mol. The Morgan fingerprint density at radius 2 is 1.58 bits per heavy atom. The van der Waals surface area contributed by atoms with Crippen LogP contribution in [0.5, 0.6) is 0 Å². The van der Waals surface area contributed by atoms with Crippen LogP contribution in [0.2, 0.25) is 0 Å². The molecule has 2 aliphatic heterocycles. The Kier molecular flexibility index (Phi) is 6.12. The molecule has 2 saturated heterocycles. The lowest BCUT2D eigenvalue weighted by atomic mass is 10.0. The van der Waals surface area contributed by atoms with Gasteiger partial charge in [0.2, 0.25) is 0 Å². The van der Waals surface area contributed by atoms with Crippen LogP contribution in [0.3, 0.4) is 0 Å². The van der Waals surface area contributed by atoms with Gasteiger partial charge in [0.25, 0.3) is 20.2 Å². The quantitative estimate of drug-likeness (QED) is 0.521. The minimum atomic E-state index is -3.87. The first kappa shape index (κ1) is 22.0. The normalized spacial score (nSPS) is 32.6. The third-order valence-corrected chi connectivity index (χ3v) is 4.81. The SMILES string of the molecule is CC1(C)OCC(C(OS(C)(=O)=O)C2OC(C)(C)OC2COS(C)(=O)=O)O1. The smallest absolute Gasteiger partial charge is 0.264 e. The minimum Gasteiger partial charge on any atom is -0.348 e. The van der Waals surface area contributed by atoms with Gasteiger partial charge >= 0.3 is 0 Å². The lowest BCUT2D eigenvalue weighted by Gasteiger charge is -2.29. The molecule has 4 atom stereocenters. The molecule has 12 heteroatoms. The zero-order chi connectivity index (χ0) is 20.0. The van der Waals surface area contributed by atoms with Gasteiger partial charge in [0.1, 0.15) is 24.4 Å². The second-order valence-corrected chi connectivity index (χ2v) is 10.5. The Morgan fingerprint density at radius 3 is 2.04 bits per heavy atom. The van der Waals surface area contributed by atoms with Gasteiger partial charge < -0.3 is 18.9 Å². The van der Waals surface area contributed by atoms with E-state index >= 15 is 0 Å². The van der Waals surface area contributed by atoms with E-state index in [4.69, 9.17) is 27.3 Å². The summed E-state index contributed by atoms with van der Waals surface area (Å²) in [5.74, 6) is -2.01. The van der Waals surface area contributed by atoms with E-state index in [1.165, 1.54) is 0 Å². The van der Waals surface area contributed by atoms with Crippen molar-refractivity contribution in [2.45, 2.75) is 63.7 Å². The van der Waals surface area contributed by atoms with Crippen LogP contribution >= 0.6 is 0 Å². The van der Waals surface area contributed by atoms with E-state index in [1.807, 2.05) is 0 Å². The molecule has 2 rings (SSSR count). The van der Waals surface area contributed by atoms with Gasteiger partial charge in [-0.15, -0.1) is 0 Å². The van der Waals surface area contributed by atoms with E-state index in [1.54, 1.807) is 27.7 Å². The summed E-state index contributed by atoms with van der Waals surface area (Å²) < 4.78 is 78.8. The molecule has 0 aliphatic carbocycles. The Labute approximate surface area is 154 Å². The summed E-state index contributed by atoms with van der Waals surface area (Å²) >= 11 is 0. The van der Waals surface area contributed by atoms with Crippen molar-refractivity contribution in [2.75, 3.05) is 25.7 Å². The average Bonchev–Trinajstić information content (AvgIpc) is 2.91. The number of hydrogen-bond acceptors (Lipinski definition) is 10. The van der Waals surface area contributed by atoms with Crippen molar-refractivity contribution in [3.8, 4) is 0 Å². The molecule has 0 radical (unpaired) electrons.